The monoisotopic (exact) mass is 532 g/mol. The fourth-order valence-corrected chi connectivity index (χ4v) is 6.18. The van der Waals surface area contributed by atoms with Gasteiger partial charge in [0.1, 0.15) is 0 Å². The van der Waals surface area contributed by atoms with Crippen LogP contribution in [0.25, 0.3) is 0 Å². The first kappa shape index (κ1) is 24.9. The van der Waals surface area contributed by atoms with Crippen LogP contribution in [0.1, 0.15) is 34.7 Å². The van der Waals surface area contributed by atoms with Crippen molar-refractivity contribution in [3.63, 3.8) is 0 Å². The summed E-state index contributed by atoms with van der Waals surface area (Å²) in [5.74, 6) is -0.449. The fourth-order valence-electron chi connectivity index (χ4n) is 4.89. The summed E-state index contributed by atoms with van der Waals surface area (Å²) in [4.78, 5) is 12.1. The molecule has 0 fully saturated rings. The van der Waals surface area contributed by atoms with Gasteiger partial charge in [-0.3, -0.25) is 0 Å². The van der Waals surface area contributed by atoms with Crippen LogP contribution in [0.5, 0.6) is 0 Å². The Hall–Kier alpha value is -4.36. The first-order valence-electron chi connectivity index (χ1n) is 12.9. The second-order valence-electron chi connectivity index (χ2n) is 9.49. The normalized spacial score (nSPS) is 18.0. The molecule has 2 aliphatic rings. The quantitative estimate of drug-likeness (QED) is 0.264. The van der Waals surface area contributed by atoms with Crippen molar-refractivity contribution in [3.8, 4) is 0 Å². The van der Waals surface area contributed by atoms with E-state index in [1.54, 1.807) is 6.92 Å². The Bertz CT molecular complexity index is 1580. The van der Waals surface area contributed by atoms with E-state index in [4.69, 9.17) is 14.9 Å². The Morgan fingerprint density at radius 1 is 0.769 bits per heavy atom. The van der Waals surface area contributed by atoms with E-state index in [9.17, 15) is 4.79 Å². The van der Waals surface area contributed by atoms with Gasteiger partial charge in [-0.05, 0) is 56.8 Å². The van der Waals surface area contributed by atoms with Crippen molar-refractivity contribution in [2.45, 2.75) is 25.8 Å². The molecule has 0 saturated carbocycles. The van der Waals surface area contributed by atoms with Crippen molar-refractivity contribution in [2.24, 2.45) is 10.2 Å². The summed E-state index contributed by atoms with van der Waals surface area (Å²) in [6.45, 7) is 6.20. The summed E-state index contributed by atoms with van der Waals surface area (Å²) in [5.41, 5.74) is 7.88. The summed E-state index contributed by atoms with van der Waals surface area (Å²) < 4.78 is 5.42. The number of nitrogens with zero attached hydrogens (tertiary/aromatic N) is 4. The Balaban J connectivity index is 1.64. The van der Waals surface area contributed by atoms with Crippen LogP contribution >= 0.6 is 11.8 Å². The molecule has 1 spiro atoms. The van der Waals surface area contributed by atoms with E-state index in [-0.39, 0.29) is 11.7 Å². The fraction of sp³-hybridized carbons (Fsp3) is 0.156. The van der Waals surface area contributed by atoms with Crippen LogP contribution in [0.15, 0.2) is 113 Å². The number of fused-ring (bicyclic) bond motifs is 2. The molecule has 39 heavy (non-hydrogen) atoms. The third-order valence-corrected chi connectivity index (χ3v) is 8.08. The molecule has 1 atom stereocenters. The zero-order valence-electron chi connectivity index (χ0n) is 22.0. The maximum Gasteiger partial charge on any atom is 0.365 e. The molecule has 0 aliphatic carbocycles. The van der Waals surface area contributed by atoms with Crippen LogP contribution < -0.4 is 10.0 Å². The minimum absolute atomic E-state index is 0.269. The van der Waals surface area contributed by atoms with Gasteiger partial charge in [-0.1, -0.05) is 90.0 Å². The SMILES string of the molecule is CCOC(=O)C1=NN(c2ccc(C)cc2)C2(S1)c1ccccc1C(c1ccc(C)cc1)=NN2c1ccccc1. The number of hydrogen-bond donors (Lipinski definition) is 0. The number of carbonyl (C=O) groups is 1. The number of rotatable bonds is 5. The van der Waals surface area contributed by atoms with Crippen LogP contribution in [0, 0.1) is 13.8 Å². The van der Waals surface area contributed by atoms with Gasteiger partial charge in [0.15, 0.2) is 0 Å². The van der Waals surface area contributed by atoms with Gasteiger partial charge >= 0.3 is 5.97 Å². The van der Waals surface area contributed by atoms with Crippen LogP contribution in [-0.2, 0) is 14.5 Å². The van der Waals surface area contributed by atoms with Crippen molar-refractivity contribution in [3.05, 3.63) is 131 Å². The molecule has 0 aromatic heterocycles. The van der Waals surface area contributed by atoms with Gasteiger partial charge in [0.25, 0.3) is 0 Å². The summed E-state index contributed by atoms with van der Waals surface area (Å²) in [7, 11) is 0. The van der Waals surface area contributed by atoms with E-state index >= 15 is 0 Å². The molecular formula is C32H28N4O2S. The standard InChI is InChI=1S/C32H28N4O2S/c1-4-38-31(37)30-34-36(26-20-16-23(3)17-21-26)32(39-30)28-13-9-8-12-27(28)29(24-18-14-22(2)15-19-24)33-35(32)25-10-6-5-7-11-25/h5-21H,4H2,1-3H3. The highest BCUT2D eigenvalue weighted by Gasteiger charge is 2.56. The lowest BCUT2D eigenvalue weighted by Crippen LogP contribution is -2.54. The first-order chi connectivity index (χ1) is 19.0. The number of anilines is 2. The van der Waals surface area contributed by atoms with E-state index in [1.807, 2.05) is 76.7 Å². The number of esters is 1. The van der Waals surface area contributed by atoms with Gasteiger partial charge < -0.3 is 4.74 Å². The van der Waals surface area contributed by atoms with Crippen LogP contribution in [0.4, 0.5) is 11.4 Å². The third-order valence-electron chi connectivity index (χ3n) is 6.79. The number of aryl methyl sites for hydroxylation is 2. The molecule has 0 bridgehead atoms. The summed E-state index contributed by atoms with van der Waals surface area (Å²) in [5, 5.41) is 14.4. The third kappa shape index (κ3) is 4.29. The minimum atomic E-state index is -1.01. The van der Waals surface area contributed by atoms with Gasteiger partial charge in [0.2, 0.25) is 10.0 Å². The zero-order chi connectivity index (χ0) is 27.0. The van der Waals surface area contributed by atoms with Crippen LogP contribution in [-0.4, -0.2) is 23.3 Å². The summed E-state index contributed by atoms with van der Waals surface area (Å²) >= 11 is 1.35. The highest BCUT2D eigenvalue weighted by atomic mass is 32.2. The second-order valence-corrected chi connectivity index (χ2v) is 10.7. The van der Waals surface area contributed by atoms with Crippen molar-refractivity contribution in [1.82, 2.24) is 0 Å². The van der Waals surface area contributed by atoms with Crippen LogP contribution in [0.2, 0.25) is 0 Å². The molecule has 2 aliphatic heterocycles. The van der Waals surface area contributed by atoms with E-state index in [2.05, 4.69) is 50.2 Å². The van der Waals surface area contributed by atoms with Crippen molar-refractivity contribution in [2.75, 3.05) is 16.6 Å². The molecule has 7 heteroatoms. The van der Waals surface area contributed by atoms with Gasteiger partial charge in [-0.2, -0.15) is 10.2 Å². The summed E-state index contributed by atoms with van der Waals surface area (Å²) in [6, 6.07) is 34.8. The number of thioether (sulfide) groups is 1. The lowest BCUT2D eigenvalue weighted by atomic mass is 9.93. The minimum Gasteiger partial charge on any atom is -0.461 e. The average molecular weight is 533 g/mol. The highest BCUT2D eigenvalue weighted by molar-refractivity contribution is 8.16. The van der Waals surface area contributed by atoms with E-state index in [0.29, 0.717) is 0 Å². The zero-order valence-corrected chi connectivity index (χ0v) is 22.9. The molecular weight excluding hydrogens is 504 g/mol. The molecule has 0 saturated heterocycles. The molecule has 0 radical (unpaired) electrons. The maximum atomic E-state index is 13.1. The second kappa shape index (κ2) is 10.1. The van der Waals surface area contributed by atoms with E-state index in [0.717, 1.165) is 39.3 Å². The summed E-state index contributed by atoms with van der Waals surface area (Å²) in [6.07, 6.45) is 0. The largest absolute Gasteiger partial charge is 0.461 e. The number of ether oxygens (including phenoxy) is 1. The molecule has 194 valence electrons. The Kier molecular flexibility index (Phi) is 6.45. The molecule has 0 N–H and O–H groups in total. The smallest absolute Gasteiger partial charge is 0.365 e. The van der Waals surface area contributed by atoms with Crippen molar-refractivity contribution >= 4 is 39.9 Å². The van der Waals surface area contributed by atoms with Crippen molar-refractivity contribution in [1.29, 1.82) is 0 Å². The maximum absolute atomic E-state index is 13.1. The average Bonchev–Trinajstić information content (AvgIpc) is 3.36. The lowest BCUT2D eigenvalue weighted by molar-refractivity contribution is -0.134. The van der Waals surface area contributed by atoms with Gasteiger partial charge in [-0.15, -0.1) is 0 Å². The van der Waals surface area contributed by atoms with Crippen LogP contribution in [0.3, 0.4) is 0 Å². The number of hydrazone groups is 2. The molecule has 4 aromatic rings. The molecule has 2 heterocycles. The molecule has 0 amide bonds. The predicted molar refractivity (Wildman–Crippen MR) is 159 cm³/mol. The lowest BCUT2D eigenvalue weighted by Gasteiger charge is -2.47. The van der Waals surface area contributed by atoms with Gasteiger partial charge in [0.05, 0.1) is 23.7 Å². The first-order valence-corrected chi connectivity index (χ1v) is 13.8. The van der Waals surface area contributed by atoms with Crippen molar-refractivity contribution < 1.29 is 9.53 Å². The molecule has 6 rings (SSSR count). The Labute approximate surface area is 232 Å². The topological polar surface area (TPSA) is 57.5 Å². The number of benzene rings is 4. The molecule has 1 unspecified atom stereocenters. The number of carbonyl (C=O) groups excluding carboxylic acids is 1. The van der Waals surface area contributed by atoms with Gasteiger partial charge in [0, 0.05) is 16.7 Å². The van der Waals surface area contributed by atoms with E-state index in [1.165, 1.54) is 17.3 Å². The number of para-hydroxylation sites is 1. The molecule has 4 aromatic carbocycles. The predicted octanol–water partition coefficient (Wildman–Crippen LogP) is 6.82. The highest BCUT2D eigenvalue weighted by Crippen LogP contribution is 2.55. The van der Waals surface area contributed by atoms with E-state index < -0.39 is 11.0 Å². The Morgan fingerprint density at radius 3 is 2.05 bits per heavy atom. The number of hydrogen-bond acceptors (Lipinski definition) is 7. The molecule has 6 nitrogen and oxygen atoms in total. The van der Waals surface area contributed by atoms with Gasteiger partial charge in [-0.25, -0.2) is 14.8 Å². The Morgan fingerprint density at radius 2 is 1.36 bits per heavy atom.